The molecule has 0 bridgehead atoms. The van der Waals surface area contributed by atoms with Crippen LogP contribution in [0.4, 0.5) is 0 Å². The molecule has 1 atom stereocenters. The van der Waals surface area contributed by atoms with Crippen molar-refractivity contribution in [1.29, 1.82) is 0 Å². The second-order valence-corrected chi connectivity index (χ2v) is 10.4. The number of hydrogen-bond donors (Lipinski definition) is 1. The van der Waals surface area contributed by atoms with Gasteiger partial charge in [-0.05, 0) is 18.8 Å². The maximum absolute atomic E-state index is 9.91. The first-order chi connectivity index (χ1) is 15.7. The van der Waals surface area contributed by atoms with Gasteiger partial charge in [-0.15, -0.1) is 0 Å². The number of hydrogen-bond acceptors (Lipinski definition) is 3. The lowest BCUT2D eigenvalue weighted by molar-refractivity contribution is -0.0201. The van der Waals surface area contributed by atoms with Crippen molar-refractivity contribution in [2.75, 3.05) is 26.4 Å². The van der Waals surface area contributed by atoms with Crippen LogP contribution < -0.4 is 0 Å². The van der Waals surface area contributed by atoms with Crippen LogP contribution in [0.15, 0.2) is 0 Å². The maximum Gasteiger partial charge on any atom is 0.101 e. The zero-order valence-electron chi connectivity index (χ0n) is 22.4. The summed E-state index contributed by atoms with van der Waals surface area (Å²) in [6.07, 6.45) is 26.5. The first-order valence-corrected chi connectivity index (χ1v) is 14.5. The van der Waals surface area contributed by atoms with E-state index in [0.29, 0.717) is 13.2 Å². The van der Waals surface area contributed by atoms with E-state index >= 15 is 0 Å². The van der Waals surface area contributed by atoms with Gasteiger partial charge < -0.3 is 14.6 Å². The molecule has 0 aliphatic carbocycles. The fourth-order valence-electron chi connectivity index (χ4n) is 4.17. The minimum absolute atomic E-state index is 0.410. The second-order valence-electron chi connectivity index (χ2n) is 10.4. The lowest BCUT2D eigenvalue weighted by atomic mass is 10.0. The molecule has 32 heavy (non-hydrogen) atoms. The van der Waals surface area contributed by atoms with Crippen molar-refractivity contribution in [2.24, 2.45) is 5.92 Å². The molecule has 0 heterocycles. The lowest BCUT2D eigenvalue weighted by Gasteiger charge is -2.12. The smallest absolute Gasteiger partial charge is 0.101 e. The first-order valence-electron chi connectivity index (χ1n) is 14.5. The summed E-state index contributed by atoms with van der Waals surface area (Å²) >= 11 is 0. The van der Waals surface area contributed by atoms with Gasteiger partial charge in [0.15, 0.2) is 0 Å². The minimum atomic E-state index is -0.477. The van der Waals surface area contributed by atoms with E-state index in [2.05, 4.69) is 20.8 Å². The highest BCUT2D eigenvalue weighted by Gasteiger charge is 2.04. The van der Waals surface area contributed by atoms with Crippen LogP contribution in [0.25, 0.3) is 0 Å². The van der Waals surface area contributed by atoms with Gasteiger partial charge >= 0.3 is 0 Å². The number of aliphatic hydroxyl groups excluding tert-OH is 1. The van der Waals surface area contributed by atoms with Crippen LogP contribution >= 0.6 is 0 Å². The number of unbranched alkanes of at least 4 members (excludes halogenated alkanes) is 17. The maximum atomic E-state index is 9.91. The molecular formula is C29H60O3. The highest BCUT2D eigenvalue weighted by Crippen LogP contribution is 2.14. The molecule has 0 aromatic heterocycles. The van der Waals surface area contributed by atoms with Gasteiger partial charge in [-0.25, -0.2) is 0 Å². The van der Waals surface area contributed by atoms with E-state index in [0.717, 1.165) is 32.0 Å². The third-order valence-corrected chi connectivity index (χ3v) is 6.33. The average molecular weight is 457 g/mol. The predicted octanol–water partition coefficient (Wildman–Crippen LogP) is 8.86. The Labute approximate surface area is 202 Å². The van der Waals surface area contributed by atoms with E-state index in [4.69, 9.17) is 9.47 Å². The quantitative estimate of drug-likeness (QED) is 0.125. The van der Waals surface area contributed by atoms with E-state index < -0.39 is 6.10 Å². The number of ether oxygens (including phenoxy) is 2. The summed E-state index contributed by atoms with van der Waals surface area (Å²) in [7, 11) is 0. The Bertz CT molecular complexity index is 332. The lowest BCUT2D eigenvalue weighted by Crippen LogP contribution is -2.22. The molecule has 0 amide bonds. The van der Waals surface area contributed by atoms with E-state index in [9.17, 15) is 5.11 Å². The summed E-state index contributed by atoms with van der Waals surface area (Å²) in [4.78, 5) is 0. The van der Waals surface area contributed by atoms with Crippen LogP contribution in [-0.2, 0) is 9.47 Å². The molecule has 0 radical (unpaired) electrons. The Morgan fingerprint density at radius 3 is 1.22 bits per heavy atom. The molecule has 0 aromatic rings. The van der Waals surface area contributed by atoms with E-state index in [1.807, 2.05) is 0 Å². The van der Waals surface area contributed by atoms with Gasteiger partial charge in [-0.3, -0.25) is 0 Å². The Balaban J connectivity index is 3.12. The Morgan fingerprint density at radius 1 is 0.500 bits per heavy atom. The van der Waals surface area contributed by atoms with Gasteiger partial charge in [0, 0.05) is 13.2 Å². The third-order valence-electron chi connectivity index (χ3n) is 6.33. The summed E-state index contributed by atoms with van der Waals surface area (Å²) < 4.78 is 11.2. The molecule has 0 aliphatic rings. The van der Waals surface area contributed by atoms with Crippen molar-refractivity contribution in [3.8, 4) is 0 Å². The van der Waals surface area contributed by atoms with Gasteiger partial charge in [0.2, 0.25) is 0 Å². The van der Waals surface area contributed by atoms with E-state index in [1.165, 1.54) is 116 Å². The Kier molecular flexibility index (Phi) is 27.0. The standard InChI is InChI=1S/C29H60O3/c1-4-5-6-7-18-21-24-31-26-29(30)27-32-25-22-19-16-14-12-10-8-9-11-13-15-17-20-23-28(2)3/h28-30H,4-27H2,1-3H3. The molecule has 0 rings (SSSR count). The topological polar surface area (TPSA) is 38.7 Å². The van der Waals surface area contributed by atoms with Crippen molar-refractivity contribution in [1.82, 2.24) is 0 Å². The molecule has 3 heteroatoms. The molecular weight excluding hydrogens is 396 g/mol. The summed E-state index contributed by atoms with van der Waals surface area (Å²) in [6.45, 7) is 9.26. The first kappa shape index (κ1) is 31.9. The Morgan fingerprint density at radius 2 is 0.844 bits per heavy atom. The SMILES string of the molecule is CCCCCCCCOCC(O)COCCCCCCCCCCCCCCCC(C)C. The summed E-state index contributed by atoms with van der Waals surface area (Å²) in [6, 6.07) is 0. The van der Waals surface area contributed by atoms with Gasteiger partial charge in [0.25, 0.3) is 0 Å². The zero-order valence-corrected chi connectivity index (χ0v) is 22.4. The van der Waals surface area contributed by atoms with Gasteiger partial charge in [0.05, 0.1) is 13.2 Å². The molecule has 0 aliphatic heterocycles. The molecule has 194 valence electrons. The average Bonchev–Trinajstić information content (AvgIpc) is 2.77. The van der Waals surface area contributed by atoms with Gasteiger partial charge in [-0.1, -0.05) is 136 Å². The fourth-order valence-corrected chi connectivity index (χ4v) is 4.17. The largest absolute Gasteiger partial charge is 0.388 e. The van der Waals surface area contributed by atoms with Crippen molar-refractivity contribution in [3.63, 3.8) is 0 Å². The number of rotatable bonds is 27. The van der Waals surface area contributed by atoms with Crippen molar-refractivity contribution >= 4 is 0 Å². The van der Waals surface area contributed by atoms with Crippen LogP contribution in [0.1, 0.15) is 149 Å². The summed E-state index contributed by atoms with van der Waals surface area (Å²) in [5.41, 5.74) is 0. The van der Waals surface area contributed by atoms with Crippen LogP contribution in [0, 0.1) is 5.92 Å². The summed E-state index contributed by atoms with van der Waals surface area (Å²) in [5.74, 6) is 0.875. The second kappa shape index (κ2) is 27.1. The number of aliphatic hydroxyl groups is 1. The monoisotopic (exact) mass is 456 g/mol. The van der Waals surface area contributed by atoms with Gasteiger partial charge in [0.1, 0.15) is 6.10 Å². The van der Waals surface area contributed by atoms with E-state index in [-0.39, 0.29) is 0 Å². The highest BCUT2D eigenvalue weighted by atomic mass is 16.5. The van der Waals surface area contributed by atoms with Crippen molar-refractivity contribution < 1.29 is 14.6 Å². The molecule has 0 spiro atoms. The fraction of sp³-hybridized carbons (Fsp3) is 1.00. The van der Waals surface area contributed by atoms with Crippen LogP contribution in [0.5, 0.6) is 0 Å². The normalized spacial score (nSPS) is 12.7. The minimum Gasteiger partial charge on any atom is -0.388 e. The van der Waals surface area contributed by atoms with E-state index in [1.54, 1.807) is 0 Å². The third kappa shape index (κ3) is 27.9. The predicted molar refractivity (Wildman–Crippen MR) is 140 cm³/mol. The molecule has 0 fully saturated rings. The van der Waals surface area contributed by atoms with Crippen LogP contribution in [0.2, 0.25) is 0 Å². The molecule has 3 nitrogen and oxygen atoms in total. The summed E-state index contributed by atoms with van der Waals surface area (Å²) in [5, 5.41) is 9.91. The van der Waals surface area contributed by atoms with Crippen molar-refractivity contribution in [2.45, 2.75) is 155 Å². The van der Waals surface area contributed by atoms with Crippen LogP contribution in [0.3, 0.4) is 0 Å². The molecule has 0 saturated heterocycles. The molecule has 1 N–H and O–H groups in total. The highest BCUT2D eigenvalue weighted by molar-refractivity contribution is 4.53. The zero-order chi connectivity index (χ0) is 23.5. The molecule has 0 saturated carbocycles. The Hall–Kier alpha value is -0.120. The van der Waals surface area contributed by atoms with Crippen LogP contribution in [-0.4, -0.2) is 37.6 Å². The molecule has 1 unspecified atom stereocenters. The van der Waals surface area contributed by atoms with Crippen molar-refractivity contribution in [3.05, 3.63) is 0 Å². The van der Waals surface area contributed by atoms with Gasteiger partial charge in [-0.2, -0.15) is 0 Å². The molecule has 0 aromatic carbocycles.